The van der Waals surface area contributed by atoms with Crippen molar-refractivity contribution in [2.45, 2.75) is 58.9 Å². The summed E-state index contributed by atoms with van der Waals surface area (Å²) in [4.78, 5) is 13.3. The molecule has 2 aromatic carbocycles. The van der Waals surface area contributed by atoms with Gasteiger partial charge in [0.1, 0.15) is 11.5 Å². The molecule has 1 aliphatic carbocycles. The number of hydrogen-bond donors (Lipinski definition) is 1. The number of hydrogen-bond acceptors (Lipinski definition) is 2. The maximum Gasteiger partial charge on any atom is 0.272 e. The number of carbonyl (C=O) groups excluding carboxylic acids is 1. The lowest BCUT2D eigenvalue weighted by atomic mass is 9.84. The van der Waals surface area contributed by atoms with Gasteiger partial charge in [0.25, 0.3) is 5.91 Å². The Labute approximate surface area is 210 Å². The molecule has 1 aliphatic rings. The number of halogens is 3. The van der Waals surface area contributed by atoms with Crippen molar-refractivity contribution in [3.63, 3.8) is 0 Å². The normalized spacial score (nSPS) is 15.8. The average Bonchev–Trinajstić information content (AvgIpc) is 3.18. The summed E-state index contributed by atoms with van der Waals surface area (Å²) in [5, 5.41) is 8.27. The van der Waals surface area contributed by atoms with Crippen LogP contribution in [0.5, 0.6) is 0 Å². The van der Waals surface area contributed by atoms with Crippen molar-refractivity contribution in [3.8, 4) is 5.69 Å². The summed E-state index contributed by atoms with van der Waals surface area (Å²) in [6, 6.07) is 10.7. The van der Waals surface area contributed by atoms with Gasteiger partial charge in [-0.2, -0.15) is 5.10 Å². The highest BCUT2D eigenvalue weighted by molar-refractivity contribution is 6.30. The van der Waals surface area contributed by atoms with Crippen molar-refractivity contribution in [1.29, 1.82) is 0 Å². The van der Waals surface area contributed by atoms with E-state index in [1.165, 1.54) is 36.1 Å². The molecule has 1 fully saturated rings. The molecule has 1 atom stereocenters. The second-order valence-electron chi connectivity index (χ2n) is 9.37. The molecule has 1 amide bonds. The fourth-order valence-corrected chi connectivity index (χ4v) is 5.03. The van der Waals surface area contributed by atoms with Gasteiger partial charge in [-0.3, -0.25) is 4.79 Å². The molecule has 0 radical (unpaired) electrons. The maximum absolute atomic E-state index is 14.8. The van der Waals surface area contributed by atoms with E-state index in [0.29, 0.717) is 22.2 Å². The Morgan fingerprint density at radius 2 is 1.83 bits per heavy atom. The smallest absolute Gasteiger partial charge is 0.272 e. The van der Waals surface area contributed by atoms with Gasteiger partial charge in [-0.15, -0.1) is 0 Å². The highest BCUT2D eigenvalue weighted by Crippen LogP contribution is 2.30. The van der Waals surface area contributed by atoms with Gasteiger partial charge in [-0.1, -0.05) is 43.0 Å². The first-order valence-electron chi connectivity index (χ1n) is 12.0. The average molecular weight is 498 g/mol. The van der Waals surface area contributed by atoms with Gasteiger partial charge in [-0.25, -0.2) is 13.5 Å². The first-order chi connectivity index (χ1) is 16.7. The van der Waals surface area contributed by atoms with E-state index >= 15 is 0 Å². The third-order valence-electron chi connectivity index (χ3n) is 6.82. The zero-order valence-corrected chi connectivity index (χ0v) is 21.0. The van der Waals surface area contributed by atoms with Gasteiger partial charge in [-0.05, 0) is 81.0 Å². The van der Waals surface area contributed by atoms with Crippen LogP contribution in [-0.2, 0) is 0 Å². The van der Waals surface area contributed by atoms with E-state index in [1.807, 2.05) is 32.1 Å². The van der Waals surface area contributed by atoms with Crippen molar-refractivity contribution in [3.05, 3.63) is 81.6 Å². The fourth-order valence-electron chi connectivity index (χ4n) is 4.91. The Morgan fingerprint density at radius 1 is 1.14 bits per heavy atom. The summed E-state index contributed by atoms with van der Waals surface area (Å²) in [5.41, 5.74) is 3.20. The molecule has 0 spiro atoms. The largest absolute Gasteiger partial charge is 0.348 e. The maximum atomic E-state index is 14.8. The fraction of sp³-hybridized carbons (Fsp3) is 0.357. The molecular weight excluding hydrogens is 468 g/mol. The second-order valence-corrected chi connectivity index (χ2v) is 9.81. The van der Waals surface area contributed by atoms with Crippen molar-refractivity contribution in [1.82, 2.24) is 15.1 Å². The molecule has 1 aromatic heterocycles. The van der Waals surface area contributed by atoms with Crippen LogP contribution in [0.4, 0.5) is 8.78 Å². The van der Waals surface area contributed by atoms with Gasteiger partial charge < -0.3 is 5.32 Å². The van der Waals surface area contributed by atoms with Crippen LogP contribution in [0.25, 0.3) is 17.3 Å². The van der Waals surface area contributed by atoms with E-state index in [0.717, 1.165) is 30.0 Å². The Bertz CT molecular complexity index is 1240. The van der Waals surface area contributed by atoms with Crippen molar-refractivity contribution in [2.24, 2.45) is 5.92 Å². The van der Waals surface area contributed by atoms with Crippen molar-refractivity contribution in [2.75, 3.05) is 0 Å². The third kappa shape index (κ3) is 5.64. The van der Waals surface area contributed by atoms with Crippen LogP contribution in [-0.4, -0.2) is 21.7 Å². The molecular formula is C28H30ClF2N3O. The van der Waals surface area contributed by atoms with Gasteiger partial charge in [0.15, 0.2) is 11.5 Å². The van der Waals surface area contributed by atoms with Crippen LogP contribution in [0.3, 0.4) is 0 Å². The number of carbonyl (C=O) groups is 1. The molecule has 1 heterocycles. The molecule has 184 valence electrons. The first kappa shape index (κ1) is 25.1. The lowest BCUT2D eigenvalue weighted by Gasteiger charge is -2.28. The topological polar surface area (TPSA) is 46.9 Å². The molecule has 1 saturated carbocycles. The summed E-state index contributed by atoms with van der Waals surface area (Å²) in [7, 11) is 0. The minimum atomic E-state index is -0.754. The quantitative estimate of drug-likeness (QED) is 0.386. The predicted octanol–water partition coefficient (Wildman–Crippen LogP) is 7.37. The van der Waals surface area contributed by atoms with Gasteiger partial charge in [0.2, 0.25) is 0 Å². The Morgan fingerprint density at radius 3 is 2.49 bits per heavy atom. The van der Waals surface area contributed by atoms with Gasteiger partial charge >= 0.3 is 0 Å². The number of allylic oxidation sites excluding steroid dienone is 1. The zero-order valence-electron chi connectivity index (χ0n) is 20.2. The highest BCUT2D eigenvalue weighted by Gasteiger charge is 2.27. The summed E-state index contributed by atoms with van der Waals surface area (Å²) in [6.45, 7) is 5.72. The van der Waals surface area contributed by atoms with E-state index in [-0.39, 0.29) is 23.3 Å². The minimum absolute atomic E-state index is 0.0177. The van der Waals surface area contributed by atoms with Gasteiger partial charge in [0.05, 0.1) is 5.69 Å². The van der Waals surface area contributed by atoms with E-state index in [9.17, 15) is 13.6 Å². The Kier molecular flexibility index (Phi) is 7.70. The number of nitrogens with zero attached hydrogens (tertiary/aromatic N) is 2. The number of rotatable bonds is 6. The van der Waals surface area contributed by atoms with Gasteiger partial charge in [0, 0.05) is 22.7 Å². The summed E-state index contributed by atoms with van der Waals surface area (Å²) in [5.74, 6) is -1.28. The molecule has 1 N–H and O–H groups in total. The minimum Gasteiger partial charge on any atom is -0.348 e. The van der Waals surface area contributed by atoms with Crippen LogP contribution in [0.1, 0.15) is 73.3 Å². The molecule has 0 saturated heterocycles. The van der Waals surface area contributed by atoms with E-state index < -0.39 is 11.6 Å². The van der Waals surface area contributed by atoms with Crippen LogP contribution < -0.4 is 5.32 Å². The highest BCUT2D eigenvalue weighted by atomic mass is 35.5. The number of benzene rings is 2. The van der Waals surface area contributed by atoms with Crippen molar-refractivity contribution >= 4 is 29.2 Å². The summed E-state index contributed by atoms with van der Waals surface area (Å²) < 4.78 is 29.8. The SMILES string of the molecule is C/C(=C\c1ccc(Cl)cc1)c1c(C)c(C(=O)N[C@H](C)C2CCCCC2)nn1-c1ccc(F)cc1F. The van der Waals surface area contributed by atoms with E-state index in [2.05, 4.69) is 10.4 Å². The van der Waals surface area contributed by atoms with Crippen LogP contribution in [0.2, 0.25) is 5.02 Å². The molecule has 4 nitrogen and oxygen atoms in total. The predicted molar refractivity (Wildman–Crippen MR) is 137 cm³/mol. The van der Waals surface area contributed by atoms with E-state index in [4.69, 9.17) is 11.6 Å². The number of aromatic nitrogens is 2. The molecule has 35 heavy (non-hydrogen) atoms. The monoisotopic (exact) mass is 497 g/mol. The lowest BCUT2D eigenvalue weighted by molar-refractivity contribution is 0.0913. The molecule has 0 unspecified atom stereocenters. The first-order valence-corrected chi connectivity index (χ1v) is 12.4. The molecule has 0 bridgehead atoms. The number of nitrogens with one attached hydrogen (secondary N) is 1. The summed E-state index contributed by atoms with van der Waals surface area (Å²) >= 11 is 6.01. The van der Waals surface area contributed by atoms with E-state index in [1.54, 1.807) is 19.1 Å². The molecule has 7 heteroatoms. The zero-order chi connectivity index (χ0) is 25.1. The van der Waals surface area contributed by atoms with Crippen LogP contribution >= 0.6 is 11.6 Å². The second kappa shape index (κ2) is 10.7. The van der Waals surface area contributed by atoms with Crippen LogP contribution in [0, 0.1) is 24.5 Å². The van der Waals surface area contributed by atoms with Crippen LogP contribution in [0.15, 0.2) is 42.5 Å². The summed E-state index contributed by atoms with van der Waals surface area (Å²) in [6.07, 6.45) is 7.73. The molecule has 3 aromatic rings. The standard InChI is InChI=1S/C28H30ClF2N3O/c1-17(15-20-9-11-22(29)12-10-20)27-18(2)26(28(35)32-19(3)21-7-5-4-6-8-21)33-34(27)25-14-13-23(30)16-24(25)31/h9-16,19,21H,4-8H2,1-3H3,(H,32,35)/b17-15+/t19-/m1/s1. The molecule has 4 rings (SSSR count). The lowest BCUT2D eigenvalue weighted by Crippen LogP contribution is -2.39. The number of amides is 1. The van der Waals surface area contributed by atoms with Crippen molar-refractivity contribution < 1.29 is 13.6 Å². The Hall–Kier alpha value is -2.99. The molecule has 0 aliphatic heterocycles. The Balaban J connectivity index is 1.75. The third-order valence-corrected chi connectivity index (χ3v) is 7.07.